The quantitative estimate of drug-likeness (QED) is 0.387. The van der Waals surface area contributed by atoms with Crippen molar-refractivity contribution in [3.63, 3.8) is 0 Å². The van der Waals surface area contributed by atoms with Crippen LogP contribution in [0.5, 0.6) is 5.75 Å². The molecule has 3 aromatic rings. The maximum atomic E-state index is 14.3. The highest BCUT2D eigenvalue weighted by molar-refractivity contribution is 6.30. The fraction of sp³-hybridized carbons (Fsp3) is 0.318. The lowest BCUT2D eigenvalue weighted by Gasteiger charge is -2.14. The summed E-state index contributed by atoms with van der Waals surface area (Å²) in [5.74, 6) is 0.781. The standard InChI is InChI=1S/C22H24ClFN4O/c1-2-3-4-5-6-13-29-20-15-26-21(18-14-16(23)7-8-19(18)24)28-22(20)27-17-9-11-25-12-10-17/h7-12,14-15H,2-6,13H2,1H3,(H,25,26,27,28). The van der Waals surface area contributed by atoms with Crippen molar-refractivity contribution >= 4 is 23.1 Å². The SMILES string of the molecule is CCCCCCCOc1cnc(-c2cc(Cl)ccc2F)nc1Nc1ccncc1. The van der Waals surface area contributed by atoms with E-state index in [0.717, 1.165) is 18.5 Å². The van der Waals surface area contributed by atoms with Crippen LogP contribution in [0.3, 0.4) is 0 Å². The summed E-state index contributed by atoms with van der Waals surface area (Å²) in [5, 5.41) is 3.62. The van der Waals surface area contributed by atoms with E-state index >= 15 is 0 Å². The number of nitrogens with one attached hydrogen (secondary N) is 1. The molecule has 0 amide bonds. The number of pyridine rings is 1. The summed E-state index contributed by atoms with van der Waals surface area (Å²) in [7, 11) is 0. The van der Waals surface area contributed by atoms with Crippen LogP contribution in [0.1, 0.15) is 39.0 Å². The van der Waals surface area contributed by atoms with Crippen molar-refractivity contribution in [2.24, 2.45) is 0 Å². The van der Waals surface area contributed by atoms with Gasteiger partial charge in [-0.3, -0.25) is 4.98 Å². The molecule has 0 unspecified atom stereocenters. The predicted molar refractivity (Wildman–Crippen MR) is 114 cm³/mol. The summed E-state index contributed by atoms with van der Waals surface area (Å²) in [6.07, 6.45) is 10.6. The normalized spacial score (nSPS) is 10.7. The summed E-state index contributed by atoms with van der Waals surface area (Å²) in [4.78, 5) is 12.8. The van der Waals surface area contributed by atoms with Gasteiger partial charge in [-0.15, -0.1) is 0 Å². The van der Waals surface area contributed by atoms with Crippen molar-refractivity contribution in [2.75, 3.05) is 11.9 Å². The zero-order valence-corrected chi connectivity index (χ0v) is 17.1. The summed E-state index contributed by atoms with van der Waals surface area (Å²) in [6.45, 7) is 2.76. The molecule has 3 rings (SSSR count). The molecule has 0 spiro atoms. The van der Waals surface area contributed by atoms with E-state index in [2.05, 4.69) is 27.2 Å². The summed E-state index contributed by atoms with van der Waals surface area (Å²) in [6, 6.07) is 7.94. The number of anilines is 2. The van der Waals surface area contributed by atoms with Gasteiger partial charge in [0.1, 0.15) is 5.82 Å². The predicted octanol–water partition coefficient (Wildman–Crippen LogP) is 6.42. The largest absolute Gasteiger partial charge is 0.488 e. The summed E-state index contributed by atoms with van der Waals surface area (Å²) < 4.78 is 20.2. The van der Waals surface area contributed by atoms with E-state index in [0.29, 0.717) is 23.2 Å². The van der Waals surface area contributed by atoms with Crippen molar-refractivity contribution in [3.8, 4) is 17.1 Å². The van der Waals surface area contributed by atoms with Crippen LogP contribution < -0.4 is 10.1 Å². The van der Waals surface area contributed by atoms with Crippen LogP contribution in [-0.4, -0.2) is 21.6 Å². The first kappa shape index (κ1) is 21.0. The molecule has 7 heteroatoms. The summed E-state index contributed by atoms with van der Waals surface area (Å²) >= 11 is 6.02. The molecule has 0 aliphatic heterocycles. The van der Waals surface area contributed by atoms with E-state index in [1.54, 1.807) is 18.6 Å². The van der Waals surface area contributed by atoms with Gasteiger partial charge in [0.05, 0.1) is 18.4 Å². The van der Waals surface area contributed by atoms with Crippen LogP contribution in [0.4, 0.5) is 15.9 Å². The van der Waals surface area contributed by atoms with E-state index in [1.165, 1.54) is 37.5 Å². The number of hydrogen-bond donors (Lipinski definition) is 1. The van der Waals surface area contributed by atoms with Gasteiger partial charge in [-0.25, -0.2) is 14.4 Å². The Hall–Kier alpha value is -2.73. The highest BCUT2D eigenvalue weighted by atomic mass is 35.5. The van der Waals surface area contributed by atoms with E-state index in [-0.39, 0.29) is 11.4 Å². The second-order valence-corrected chi connectivity index (χ2v) is 7.09. The molecule has 1 N–H and O–H groups in total. The van der Waals surface area contributed by atoms with E-state index in [9.17, 15) is 4.39 Å². The van der Waals surface area contributed by atoms with Gasteiger partial charge in [0.15, 0.2) is 17.4 Å². The Morgan fingerprint density at radius 2 is 1.86 bits per heavy atom. The van der Waals surface area contributed by atoms with Crippen molar-refractivity contribution in [3.05, 3.63) is 59.8 Å². The van der Waals surface area contributed by atoms with E-state index in [4.69, 9.17) is 16.3 Å². The average molecular weight is 415 g/mol. The molecule has 2 aromatic heterocycles. The third-order valence-electron chi connectivity index (χ3n) is 4.37. The molecular weight excluding hydrogens is 391 g/mol. The van der Waals surface area contributed by atoms with Gasteiger partial charge >= 0.3 is 0 Å². The zero-order valence-electron chi connectivity index (χ0n) is 16.4. The van der Waals surface area contributed by atoms with Crippen LogP contribution >= 0.6 is 11.6 Å². The molecule has 152 valence electrons. The first-order valence-corrected chi connectivity index (χ1v) is 10.2. The molecule has 2 heterocycles. The first-order valence-electron chi connectivity index (χ1n) is 9.79. The Labute approximate surface area is 175 Å². The molecule has 0 aliphatic carbocycles. The number of benzene rings is 1. The van der Waals surface area contributed by atoms with Crippen LogP contribution in [0.25, 0.3) is 11.4 Å². The number of halogens is 2. The molecule has 1 aromatic carbocycles. The molecule has 0 radical (unpaired) electrons. The number of aromatic nitrogens is 3. The Bertz CT molecular complexity index is 924. The second kappa shape index (κ2) is 10.7. The molecular formula is C22H24ClFN4O. The van der Waals surface area contributed by atoms with Gasteiger partial charge in [0.2, 0.25) is 0 Å². The Morgan fingerprint density at radius 1 is 1.07 bits per heavy atom. The molecule has 0 fully saturated rings. The first-order chi connectivity index (χ1) is 14.2. The highest BCUT2D eigenvalue weighted by Gasteiger charge is 2.14. The summed E-state index contributed by atoms with van der Waals surface area (Å²) in [5.41, 5.74) is 1.03. The number of nitrogens with zero attached hydrogens (tertiary/aromatic N) is 3. The fourth-order valence-electron chi connectivity index (χ4n) is 2.82. The van der Waals surface area contributed by atoms with Crippen LogP contribution in [0.2, 0.25) is 5.02 Å². The zero-order chi connectivity index (χ0) is 20.5. The number of unbranched alkanes of at least 4 members (excludes halogenated alkanes) is 4. The van der Waals surface area contributed by atoms with E-state index < -0.39 is 5.82 Å². The molecule has 0 saturated carbocycles. The van der Waals surface area contributed by atoms with Crippen molar-refractivity contribution in [2.45, 2.75) is 39.0 Å². The lowest BCUT2D eigenvalue weighted by Crippen LogP contribution is -2.05. The minimum absolute atomic E-state index is 0.233. The Kier molecular flexibility index (Phi) is 7.76. The molecule has 0 bridgehead atoms. The topological polar surface area (TPSA) is 59.9 Å². The highest BCUT2D eigenvalue weighted by Crippen LogP contribution is 2.30. The van der Waals surface area contributed by atoms with Gasteiger partial charge in [-0.1, -0.05) is 44.2 Å². The minimum Gasteiger partial charge on any atom is -0.488 e. The maximum Gasteiger partial charge on any atom is 0.180 e. The lowest BCUT2D eigenvalue weighted by atomic mass is 10.2. The monoisotopic (exact) mass is 414 g/mol. The third-order valence-corrected chi connectivity index (χ3v) is 4.61. The molecule has 0 saturated heterocycles. The Balaban J connectivity index is 1.82. The van der Waals surface area contributed by atoms with Gasteiger partial charge < -0.3 is 10.1 Å². The van der Waals surface area contributed by atoms with E-state index in [1.807, 2.05) is 12.1 Å². The average Bonchev–Trinajstić information content (AvgIpc) is 2.74. The molecule has 0 atom stereocenters. The lowest BCUT2D eigenvalue weighted by molar-refractivity contribution is 0.304. The number of rotatable bonds is 10. The third kappa shape index (κ3) is 6.12. The molecule has 29 heavy (non-hydrogen) atoms. The Morgan fingerprint density at radius 3 is 2.66 bits per heavy atom. The molecule has 5 nitrogen and oxygen atoms in total. The van der Waals surface area contributed by atoms with Crippen LogP contribution in [-0.2, 0) is 0 Å². The minimum atomic E-state index is -0.436. The van der Waals surface area contributed by atoms with Crippen LogP contribution in [0, 0.1) is 5.82 Å². The number of hydrogen-bond acceptors (Lipinski definition) is 5. The van der Waals surface area contributed by atoms with Gasteiger partial charge in [-0.2, -0.15) is 0 Å². The second-order valence-electron chi connectivity index (χ2n) is 6.65. The fourth-order valence-corrected chi connectivity index (χ4v) is 3.00. The van der Waals surface area contributed by atoms with Gasteiger partial charge in [-0.05, 0) is 36.8 Å². The van der Waals surface area contributed by atoms with Crippen molar-refractivity contribution in [1.82, 2.24) is 15.0 Å². The van der Waals surface area contributed by atoms with Gasteiger partial charge in [0.25, 0.3) is 0 Å². The van der Waals surface area contributed by atoms with Gasteiger partial charge in [0, 0.05) is 23.1 Å². The number of ether oxygens (including phenoxy) is 1. The van der Waals surface area contributed by atoms with Crippen molar-refractivity contribution in [1.29, 1.82) is 0 Å². The smallest absolute Gasteiger partial charge is 0.180 e. The van der Waals surface area contributed by atoms with Crippen molar-refractivity contribution < 1.29 is 9.13 Å². The molecule has 0 aliphatic rings. The maximum absolute atomic E-state index is 14.3. The van der Waals surface area contributed by atoms with Crippen LogP contribution in [0.15, 0.2) is 48.9 Å².